The lowest BCUT2D eigenvalue weighted by molar-refractivity contribution is -0.142. The van der Waals surface area contributed by atoms with E-state index in [-0.39, 0.29) is 24.4 Å². The van der Waals surface area contributed by atoms with Gasteiger partial charge in [0.1, 0.15) is 0 Å². The van der Waals surface area contributed by atoms with Crippen LogP contribution in [0.15, 0.2) is 30.3 Å². The van der Waals surface area contributed by atoms with Gasteiger partial charge in [-0.05, 0) is 18.6 Å². The second-order valence-corrected chi connectivity index (χ2v) is 7.06. The number of hydrogen-bond donors (Lipinski definition) is 0. The van der Waals surface area contributed by atoms with Gasteiger partial charge in [-0.2, -0.15) is 0 Å². The van der Waals surface area contributed by atoms with Gasteiger partial charge in [0.05, 0.1) is 32.4 Å². The molecule has 0 aliphatic carbocycles. The molecule has 0 aromatic heterocycles. The van der Waals surface area contributed by atoms with Gasteiger partial charge < -0.3 is 24.2 Å². The number of hydrogen-bond acceptors (Lipinski definition) is 5. The maximum Gasteiger partial charge on any atom is 0.242 e. The number of amides is 2. The summed E-state index contributed by atoms with van der Waals surface area (Å²) in [6, 6.07) is 9.63. The van der Waals surface area contributed by atoms with E-state index in [4.69, 9.17) is 9.47 Å². The van der Waals surface area contributed by atoms with Gasteiger partial charge in [0.15, 0.2) is 0 Å². The molecule has 1 aromatic rings. The van der Waals surface area contributed by atoms with Crippen molar-refractivity contribution < 1.29 is 19.1 Å². The van der Waals surface area contributed by atoms with Crippen LogP contribution in [0.5, 0.6) is 0 Å². The molecule has 2 aliphatic rings. The number of rotatable bonds is 5. The molecule has 2 fully saturated rings. The van der Waals surface area contributed by atoms with E-state index in [1.165, 1.54) is 0 Å². The summed E-state index contributed by atoms with van der Waals surface area (Å²) in [5, 5.41) is 0. The van der Waals surface area contributed by atoms with E-state index in [0.29, 0.717) is 45.9 Å². The Kier molecular flexibility index (Phi) is 7.06. The monoisotopic (exact) mass is 375 g/mol. The van der Waals surface area contributed by atoms with Gasteiger partial charge >= 0.3 is 0 Å². The molecular weight excluding hydrogens is 346 g/mol. The molecule has 148 valence electrons. The van der Waals surface area contributed by atoms with Crippen LogP contribution in [0.25, 0.3) is 0 Å². The van der Waals surface area contributed by atoms with Crippen LogP contribution in [0, 0.1) is 0 Å². The zero-order valence-electron chi connectivity index (χ0n) is 16.0. The van der Waals surface area contributed by atoms with Gasteiger partial charge in [-0.15, -0.1) is 0 Å². The molecule has 2 aliphatic heterocycles. The summed E-state index contributed by atoms with van der Waals surface area (Å²) < 4.78 is 11.0. The van der Waals surface area contributed by atoms with Gasteiger partial charge in [-0.1, -0.05) is 18.2 Å². The number of likely N-dealkylation sites (N-methyl/N-ethyl adjacent to an activating group) is 1. The van der Waals surface area contributed by atoms with Crippen LogP contribution >= 0.6 is 0 Å². The first kappa shape index (κ1) is 19.6. The molecule has 7 heteroatoms. The fraction of sp³-hybridized carbons (Fsp3) is 0.600. The van der Waals surface area contributed by atoms with Crippen molar-refractivity contribution in [1.82, 2.24) is 9.80 Å². The number of carbonyl (C=O) groups is 2. The third-order valence-corrected chi connectivity index (χ3v) is 5.10. The molecule has 1 atom stereocenters. The second kappa shape index (κ2) is 9.71. The predicted octanol–water partition coefficient (Wildman–Crippen LogP) is 0.989. The summed E-state index contributed by atoms with van der Waals surface area (Å²) in [5.41, 5.74) is 0.997. The fourth-order valence-corrected chi connectivity index (χ4v) is 3.55. The smallest absolute Gasteiger partial charge is 0.242 e. The first-order valence-electron chi connectivity index (χ1n) is 9.64. The van der Waals surface area contributed by atoms with Crippen molar-refractivity contribution in [1.29, 1.82) is 0 Å². The Labute approximate surface area is 160 Å². The lowest BCUT2D eigenvalue weighted by Crippen LogP contribution is -2.53. The Hall–Kier alpha value is -2.12. The number of ether oxygens (including phenoxy) is 2. The lowest BCUT2D eigenvalue weighted by Gasteiger charge is -2.37. The van der Waals surface area contributed by atoms with Gasteiger partial charge in [0, 0.05) is 45.4 Å². The van der Waals surface area contributed by atoms with Crippen LogP contribution in [0.3, 0.4) is 0 Å². The zero-order valence-corrected chi connectivity index (χ0v) is 16.0. The van der Waals surface area contributed by atoms with Crippen LogP contribution in [0.4, 0.5) is 5.69 Å². The minimum Gasteiger partial charge on any atom is -0.380 e. The van der Waals surface area contributed by atoms with Crippen LogP contribution < -0.4 is 4.90 Å². The van der Waals surface area contributed by atoms with E-state index < -0.39 is 0 Å². The Balaban J connectivity index is 1.58. The minimum atomic E-state index is -0.202. The van der Waals surface area contributed by atoms with Crippen molar-refractivity contribution >= 4 is 17.5 Å². The maximum atomic E-state index is 12.9. The van der Waals surface area contributed by atoms with E-state index in [0.717, 1.165) is 18.7 Å². The van der Waals surface area contributed by atoms with E-state index in [9.17, 15) is 9.59 Å². The van der Waals surface area contributed by atoms with Gasteiger partial charge in [-0.25, -0.2) is 0 Å². The predicted molar refractivity (Wildman–Crippen MR) is 103 cm³/mol. The van der Waals surface area contributed by atoms with Crippen LogP contribution in [0.1, 0.15) is 12.8 Å². The molecular formula is C20H29N3O4. The first-order chi connectivity index (χ1) is 13.1. The lowest BCUT2D eigenvalue weighted by atomic mass is 10.1. The third-order valence-electron chi connectivity index (χ3n) is 5.10. The Morgan fingerprint density at radius 3 is 2.63 bits per heavy atom. The molecule has 2 amide bonds. The normalized spacial score (nSPS) is 20.9. The van der Waals surface area contributed by atoms with Crippen LogP contribution in [0.2, 0.25) is 0 Å². The Morgan fingerprint density at radius 2 is 1.81 bits per heavy atom. The average Bonchev–Trinajstić information content (AvgIpc) is 2.98. The van der Waals surface area contributed by atoms with E-state index in [1.807, 2.05) is 52.1 Å². The van der Waals surface area contributed by atoms with Gasteiger partial charge in [-0.3, -0.25) is 9.59 Å². The number of anilines is 1. The Morgan fingerprint density at radius 1 is 1.04 bits per heavy atom. The zero-order chi connectivity index (χ0) is 19.1. The maximum absolute atomic E-state index is 12.9. The standard InChI is InChI=1S/C20H29N3O4/c1-21(17-6-3-2-4-7-17)15-20(25)23-10-13-27-16-18(23)14-19(24)22-8-5-11-26-12-9-22/h2-4,6-7,18H,5,8-16H2,1H3. The molecule has 1 unspecified atom stereocenters. The molecule has 0 spiro atoms. The summed E-state index contributed by atoms with van der Waals surface area (Å²) in [4.78, 5) is 31.2. The molecule has 0 N–H and O–H groups in total. The number of morpholine rings is 1. The summed E-state index contributed by atoms with van der Waals surface area (Å²) in [6.45, 7) is 4.37. The minimum absolute atomic E-state index is 0.0293. The fourth-order valence-electron chi connectivity index (χ4n) is 3.55. The van der Waals surface area contributed by atoms with Gasteiger partial charge in [0.25, 0.3) is 0 Å². The van der Waals surface area contributed by atoms with E-state index >= 15 is 0 Å². The molecule has 27 heavy (non-hydrogen) atoms. The first-order valence-corrected chi connectivity index (χ1v) is 9.64. The largest absolute Gasteiger partial charge is 0.380 e. The number of para-hydroxylation sites is 1. The van der Waals surface area contributed by atoms with Crippen molar-refractivity contribution in [2.45, 2.75) is 18.9 Å². The summed E-state index contributed by atoms with van der Waals surface area (Å²) in [5.74, 6) is 0.104. The van der Waals surface area contributed by atoms with Gasteiger partial charge in [0.2, 0.25) is 11.8 Å². The molecule has 3 rings (SSSR count). The van der Waals surface area contributed by atoms with E-state index in [2.05, 4.69) is 0 Å². The molecule has 1 aromatic carbocycles. The summed E-state index contributed by atoms with van der Waals surface area (Å²) in [7, 11) is 1.91. The molecule has 0 radical (unpaired) electrons. The van der Waals surface area contributed by atoms with Crippen LogP contribution in [-0.4, -0.2) is 87.3 Å². The molecule has 0 saturated carbocycles. The molecule has 2 saturated heterocycles. The number of benzene rings is 1. The molecule has 0 bridgehead atoms. The quantitative estimate of drug-likeness (QED) is 0.768. The average molecular weight is 375 g/mol. The third kappa shape index (κ3) is 5.43. The number of nitrogens with zero attached hydrogens (tertiary/aromatic N) is 3. The van der Waals surface area contributed by atoms with Crippen molar-refractivity contribution in [3.05, 3.63) is 30.3 Å². The Bertz CT molecular complexity index is 617. The topological polar surface area (TPSA) is 62.3 Å². The van der Waals surface area contributed by atoms with Crippen molar-refractivity contribution in [2.75, 3.05) is 64.6 Å². The second-order valence-electron chi connectivity index (χ2n) is 7.06. The molecule has 7 nitrogen and oxygen atoms in total. The van der Waals surface area contributed by atoms with Crippen molar-refractivity contribution in [2.24, 2.45) is 0 Å². The number of carbonyl (C=O) groups excluding carboxylic acids is 2. The summed E-state index contributed by atoms with van der Waals surface area (Å²) >= 11 is 0. The summed E-state index contributed by atoms with van der Waals surface area (Å²) in [6.07, 6.45) is 1.16. The van der Waals surface area contributed by atoms with Crippen LogP contribution in [-0.2, 0) is 19.1 Å². The highest BCUT2D eigenvalue weighted by molar-refractivity contribution is 5.83. The SMILES string of the molecule is CN(CC(=O)N1CCOCC1CC(=O)N1CCCOCC1)c1ccccc1. The van der Waals surface area contributed by atoms with E-state index in [1.54, 1.807) is 0 Å². The molecule has 2 heterocycles. The van der Waals surface area contributed by atoms with Crippen molar-refractivity contribution in [3.8, 4) is 0 Å². The highest BCUT2D eigenvalue weighted by Crippen LogP contribution is 2.16. The highest BCUT2D eigenvalue weighted by atomic mass is 16.5. The van der Waals surface area contributed by atoms with Crippen molar-refractivity contribution in [3.63, 3.8) is 0 Å². The highest BCUT2D eigenvalue weighted by Gasteiger charge is 2.31.